The highest BCUT2D eigenvalue weighted by molar-refractivity contribution is 5.60. The average Bonchev–Trinajstić information content (AvgIpc) is 2.65. The predicted octanol–water partition coefficient (Wildman–Crippen LogP) is 3.24. The lowest BCUT2D eigenvalue weighted by Gasteiger charge is -2.28. The van der Waals surface area contributed by atoms with Crippen molar-refractivity contribution in [2.24, 2.45) is 5.18 Å². The topological polar surface area (TPSA) is 105 Å². The van der Waals surface area contributed by atoms with E-state index < -0.39 is 5.92 Å². The molecule has 0 N–H and O–H groups in total. The van der Waals surface area contributed by atoms with Crippen LogP contribution in [-0.2, 0) is 6.42 Å². The van der Waals surface area contributed by atoms with Gasteiger partial charge in [-0.05, 0) is 24.6 Å². The Morgan fingerprint density at radius 2 is 1.65 bits per heavy atom. The Labute approximate surface area is 149 Å². The van der Waals surface area contributed by atoms with E-state index in [9.17, 15) is 10.2 Å². The van der Waals surface area contributed by atoms with Crippen molar-refractivity contribution >= 4 is 5.82 Å². The summed E-state index contributed by atoms with van der Waals surface area (Å²) in [5.74, 6) is 0.727. The molecule has 7 heteroatoms. The lowest BCUT2D eigenvalue weighted by molar-refractivity contribution is 0.774. The van der Waals surface area contributed by atoms with Crippen LogP contribution in [0.2, 0.25) is 0 Å². The minimum Gasteiger partial charge on any atom is -0.237 e. The molecule has 0 radical (unpaired) electrons. The van der Waals surface area contributed by atoms with E-state index in [2.05, 4.69) is 31.2 Å². The van der Waals surface area contributed by atoms with Gasteiger partial charge in [-0.15, -0.1) is 4.91 Å². The first kappa shape index (κ1) is 16.0. The van der Waals surface area contributed by atoms with Gasteiger partial charge in [-0.3, -0.25) is 0 Å². The lowest BCUT2D eigenvalue weighted by atomic mass is 9.77. The van der Waals surface area contributed by atoms with Crippen LogP contribution in [0.1, 0.15) is 51.3 Å². The highest BCUT2D eigenvalue weighted by Crippen LogP contribution is 2.44. The maximum atomic E-state index is 11.5. The second kappa shape index (κ2) is 6.08. The minimum atomic E-state index is -0.404. The summed E-state index contributed by atoms with van der Waals surface area (Å²) in [5, 5.41) is 12.8. The van der Waals surface area contributed by atoms with Crippen LogP contribution in [0.3, 0.4) is 0 Å². The van der Waals surface area contributed by atoms with E-state index in [0.29, 0.717) is 34.9 Å². The molecule has 0 bridgehead atoms. The lowest BCUT2D eigenvalue weighted by Crippen LogP contribution is -2.22. The van der Waals surface area contributed by atoms with Gasteiger partial charge in [0.1, 0.15) is 23.4 Å². The molecule has 26 heavy (non-hydrogen) atoms. The maximum absolute atomic E-state index is 11.5. The van der Waals surface area contributed by atoms with Gasteiger partial charge in [0.2, 0.25) is 5.82 Å². The molecule has 126 valence electrons. The maximum Gasteiger partial charge on any atom is 0.204 e. The van der Waals surface area contributed by atoms with Crippen LogP contribution in [0.4, 0.5) is 5.82 Å². The van der Waals surface area contributed by atoms with Gasteiger partial charge < -0.3 is 0 Å². The summed E-state index contributed by atoms with van der Waals surface area (Å²) in [4.78, 5) is 29.1. The third-order valence-corrected chi connectivity index (χ3v) is 4.49. The number of aromatic nitrogens is 4. The first-order valence-electron chi connectivity index (χ1n) is 8.15. The molecule has 0 saturated carbocycles. The number of aryl methyl sites for hydroxylation is 2. The Balaban J connectivity index is 2.10. The van der Waals surface area contributed by atoms with Gasteiger partial charge in [0.15, 0.2) is 0 Å². The normalized spacial score (nSPS) is 14.9. The minimum absolute atomic E-state index is 0.108. The van der Waals surface area contributed by atoms with Crippen molar-refractivity contribution in [2.45, 2.75) is 26.2 Å². The van der Waals surface area contributed by atoms with Crippen LogP contribution in [0.5, 0.6) is 0 Å². The number of hydrogen-bond acceptors (Lipinski definition) is 7. The quantitative estimate of drug-likeness (QED) is 0.518. The number of fused-ring (bicyclic) bond motifs is 2. The van der Waals surface area contributed by atoms with Crippen LogP contribution in [-0.4, -0.2) is 19.9 Å². The van der Waals surface area contributed by atoms with Gasteiger partial charge in [-0.1, -0.05) is 30.3 Å². The van der Waals surface area contributed by atoms with Gasteiger partial charge in [0, 0.05) is 23.5 Å². The zero-order valence-electron chi connectivity index (χ0n) is 14.3. The number of nitroso groups, excluding NO2 is 1. The molecule has 1 unspecified atom stereocenters. The molecule has 2 heterocycles. The third-order valence-electron chi connectivity index (χ3n) is 4.49. The summed E-state index contributed by atoms with van der Waals surface area (Å²) in [6, 6.07) is 11.8. The summed E-state index contributed by atoms with van der Waals surface area (Å²) in [7, 11) is 0. The SMILES string of the molecule is Cc1nc(C#N)c2c(n1)Cc1nc(C)nc(N=O)c1C2c1ccccc1. The molecule has 0 amide bonds. The number of benzene rings is 1. The molecule has 0 saturated heterocycles. The van der Waals surface area contributed by atoms with E-state index in [1.165, 1.54) is 0 Å². The summed E-state index contributed by atoms with van der Waals surface area (Å²) in [6.07, 6.45) is 0.415. The molecule has 1 aliphatic rings. The fourth-order valence-electron chi connectivity index (χ4n) is 3.57. The summed E-state index contributed by atoms with van der Waals surface area (Å²) in [5.41, 5.74) is 4.03. The van der Waals surface area contributed by atoms with E-state index in [1.54, 1.807) is 13.8 Å². The van der Waals surface area contributed by atoms with Crippen molar-refractivity contribution in [3.63, 3.8) is 0 Å². The Morgan fingerprint density at radius 3 is 2.31 bits per heavy atom. The smallest absolute Gasteiger partial charge is 0.204 e. The van der Waals surface area contributed by atoms with Crippen LogP contribution in [0.25, 0.3) is 0 Å². The first-order valence-corrected chi connectivity index (χ1v) is 8.15. The van der Waals surface area contributed by atoms with E-state index in [-0.39, 0.29) is 5.82 Å². The average molecular weight is 342 g/mol. The van der Waals surface area contributed by atoms with Crippen LogP contribution < -0.4 is 0 Å². The van der Waals surface area contributed by atoms with E-state index in [1.807, 2.05) is 30.3 Å². The van der Waals surface area contributed by atoms with Crippen molar-refractivity contribution in [1.29, 1.82) is 5.26 Å². The van der Waals surface area contributed by atoms with Gasteiger partial charge in [0.25, 0.3) is 0 Å². The van der Waals surface area contributed by atoms with Crippen LogP contribution in [0.15, 0.2) is 35.5 Å². The monoisotopic (exact) mass is 342 g/mol. The van der Waals surface area contributed by atoms with E-state index in [4.69, 9.17) is 0 Å². The first-order chi connectivity index (χ1) is 12.6. The van der Waals surface area contributed by atoms with Gasteiger partial charge in [-0.25, -0.2) is 19.9 Å². The predicted molar refractivity (Wildman–Crippen MR) is 93.9 cm³/mol. The molecular formula is C19H14N6O. The Hall–Kier alpha value is -3.53. The summed E-state index contributed by atoms with van der Waals surface area (Å²) < 4.78 is 0. The molecule has 7 nitrogen and oxygen atoms in total. The largest absolute Gasteiger partial charge is 0.237 e. The second-order valence-corrected chi connectivity index (χ2v) is 6.16. The van der Waals surface area contributed by atoms with Crippen LogP contribution in [0, 0.1) is 30.1 Å². The molecule has 1 aliphatic carbocycles. The molecule has 4 rings (SSSR count). The van der Waals surface area contributed by atoms with Crippen molar-refractivity contribution in [3.8, 4) is 6.07 Å². The van der Waals surface area contributed by atoms with Crippen molar-refractivity contribution in [3.05, 3.63) is 80.7 Å². The fourth-order valence-corrected chi connectivity index (χ4v) is 3.57. The standard InChI is InChI=1S/C19H14N6O/c1-10-21-13-8-14-18(19(25-26)24-11(2)22-14)16(12-6-4-3-5-7-12)17(13)15(9-20)23-10/h3-7,16H,8H2,1-2H3. The fraction of sp³-hybridized carbons (Fsp3) is 0.211. The zero-order valence-corrected chi connectivity index (χ0v) is 14.3. The number of nitrogens with zero attached hydrogens (tertiary/aromatic N) is 6. The Morgan fingerprint density at radius 1 is 1.00 bits per heavy atom. The second-order valence-electron chi connectivity index (χ2n) is 6.16. The molecule has 2 aromatic heterocycles. The van der Waals surface area contributed by atoms with Crippen molar-refractivity contribution in [2.75, 3.05) is 0 Å². The van der Waals surface area contributed by atoms with Crippen molar-refractivity contribution in [1.82, 2.24) is 19.9 Å². The number of nitriles is 1. The Bertz CT molecular complexity index is 1070. The molecule has 0 fully saturated rings. The highest BCUT2D eigenvalue weighted by atomic mass is 16.3. The number of hydrogen-bond donors (Lipinski definition) is 0. The molecular weight excluding hydrogens is 328 g/mol. The molecule has 0 spiro atoms. The number of rotatable bonds is 2. The molecule has 1 aromatic carbocycles. The summed E-state index contributed by atoms with van der Waals surface area (Å²) >= 11 is 0. The van der Waals surface area contributed by atoms with Gasteiger partial charge >= 0.3 is 0 Å². The van der Waals surface area contributed by atoms with Crippen LogP contribution >= 0.6 is 0 Å². The molecule has 1 atom stereocenters. The third kappa shape index (κ3) is 2.43. The molecule has 0 aliphatic heterocycles. The zero-order chi connectivity index (χ0) is 18.3. The van der Waals surface area contributed by atoms with Gasteiger partial charge in [-0.2, -0.15) is 5.26 Å². The van der Waals surface area contributed by atoms with E-state index >= 15 is 0 Å². The van der Waals surface area contributed by atoms with Gasteiger partial charge in [0.05, 0.1) is 11.4 Å². The molecule has 3 aromatic rings. The summed E-state index contributed by atoms with van der Waals surface area (Å²) in [6.45, 7) is 3.49. The van der Waals surface area contributed by atoms with E-state index in [0.717, 1.165) is 17.0 Å². The Kier molecular flexibility index (Phi) is 3.73. The van der Waals surface area contributed by atoms with Crippen molar-refractivity contribution < 1.29 is 0 Å². The highest BCUT2D eigenvalue weighted by Gasteiger charge is 2.35.